The number of hydrogen-bond donors (Lipinski definition) is 1. The average molecular weight is 128 g/mol. The van der Waals surface area contributed by atoms with Crippen molar-refractivity contribution in [1.29, 1.82) is 0 Å². The van der Waals surface area contributed by atoms with Crippen molar-refractivity contribution < 1.29 is 57.9 Å². The minimum absolute atomic E-state index is 0. The Balaban J connectivity index is -0.000000125. The van der Waals surface area contributed by atoms with E-state index in [2.05, 4.69) is 6.92 Å². The molecule has 40 valence electrons. The van der Waals surface area contributed by atoms with Crippen LogP contribution in [-0.4, -0.2) is 11.7 Å². The van der Waals surface area contributed by atoms with E-state index < -0.39 is 0 Å². The molecule has 0 amide bonds. The van der Waals surface area contributed by atoms with Crippen molar-refractivity contribution in [2.45, 2.75) is 20.3 Å². The molecule has 0 fully saturated rings. The molecule has 2 heteroatoms. The molecule has 7 heavy (non-hydrogen) atoms. The summed E-state index contributed by atoms with van der Waals surface area (Å²) in [5, 5.41) is 8.33. The van der Waals surface area contributed by atoms with Gasteiger partial charge in [0.05, 0.1) is 0 Å². The molecule has 0 bridgehead atoms. The fourth-order valence-corrected chi connectivity index (χ4v) is 0.129. The minimum Gasteiger partial charge on any atom is -1.00 e. The normalized spacial score (nSPS) is 12.4. The van der Waals surface area contributed by atoms with Crippen molar-refractivity contribution in [3.05, 3.63) is 0 Å². The topological polar surface area (TPSA) is 20.2 Å². The first kappa shape index (κ1) is 11.4. The summed E-state index contributed by atoms with van der Waals surface area (Å²) < 4.78 is 0. The van der Waals surface area contributed by atoms with Gasteiger partial charge in [-0.3, -0.25) is 0 Å². The van der Waals surface area contributed by atoms with E-state index in [1.165, 1.54) is 0 Å². The number of aliphatic hydroxyl groups is 1. The summed E-state index contributed by atoms with van der Waals surface area (Å²) in [5.74, 6) is 0.491. The Kier molecular flexibility index (Phi) is 12.4. The maximum Gasteiger partial charge on any atom is 1.00 e. The van der Waals surface area contributed by atoms with Gasteiger partial charge in [-0.15, -0.1) is 0 Å². The van der Waals surface area contributed by atoms with Crippen molar-refractivity contribution in [2.75, 3.05) is 6.61 Å². The maximum atomic E-state index is 8.33. The summed E-state index contributed by atoms with van der Waals surface area (Å²) in [6.07, 6.45) is 1.08. The zero-order valence-corrected chi connectivity index (χ0v) is 8.56. The van der Waals surface area contributed by atoms with Crippen LogP contribution in [0.25, 0.3) is 0 Å². The van der Waals surface area contributed by atoms with Crippen molar-refractivity contribution in [2.24, 2.45) is 5.92 Å². The van der Waals surface area contributed by atoms with E-state index in [1.54, 1.807) is 0 Å². The smallest absolute Gasteiger partial charge is 1.00 e. The first-order valence-electron chi connectivity index (χ1n) is 2.42. The molecule has 0 rings (SSSR count). The molecule has 0 saturated heterocycles. The summed E-state index contributed by atoms with van der Waals surface area (Å²) >= 11 is 0. The summed E-state index contributed by atoms with van der Waals surface area (Å²) in [6, 6.07) is 0. The second-order valence-corrected chi connectivity index (χ2v) is 1.70. The van der Waals surface area contributed by atoms with Gasteiger partial charge < -0.3 is 6.53 Å². The largest absolute Gasteiger partial charge is 1.00 e. The summed E-state index contributed by atoms with van der Waals surface area (Å²) in [7, 11) is 0. The third kappa shape index (κ3) is 7.60. The van der Waals surface area contributed by atoms with Gasteiger partial charge in [-0.2, -0.15) is 0 Å². The van der Waals surface area contributed by atoms with Gasteiger partial charge in [0.1, 0.15) is 0 Å². The average Bonchev–Trinajstić information content (AvgIpc) is 1.65. The summed E-state index contributed by atoms with van der Waals surface area (Å²) in [5.41, 5.74) is 0. The molecule has 0 aliphatic carbocycles. The zero-order chi connectivity index (χ0) is 4.99. The SMILES string of the molecule is CCC(C)CO.[H-].[K+]. The van der Waals surface area contributed by atoms with Crippen LogP contribution in [-0.2, 0) is 0 Å². The number of hydrogen-bond acceptors (Lipinski definition) is 1. The van der Waals surface area contributed by atoms with Crippen molar-refractivity contribution in [1.82, 2.24) is 0 Å². The predicted octanol–water partition coefficient (Wildman–Crippen LogP) is -1.86. The zero-order valence-electron chi connectivity index (χ0n) is 6.44. The van der Waals surface area contributed by atoms with Crippen LogP contribution in [0, 0.1) is 5.92 Å². The Labute approximate surface area is 89.4 Å². The monoisotopic (exact) mass is 128 g/mol. The first-order valence-corrected chi connectivity index (χ1v) is 2.42. The third-order valence-corrected chi connectivity index (χ3v) is 1.01. The Morgan fingerprint density at radius 3 is 2.14 bits per heavy atom. The van der Waals surface area contributed by atoms with Crippen molar-refractivity contribution >= 4 is 0 Å². The van der Waals surface area contributed by atoms with Gasteiger partial charge in [0.15, 0.2) is 0 Å². The molecule has 1 nitrogen and oxygen atoms in total. The van der Waals surface area contributed by atoms with Crippen LogP contribution in [0.2, 0.25) is 0 Å². The molecule has 1 N–H and O–H groups in total. The van der Waals surface area contributed by atoms with Crippen LogP contribution in [0.4, 0.5) is 0 Å². The van der Waals surface area contributed by atoms with Crippen LogP contribution in [0.1, 0.15) is 21.7 Å². The molecule has 0 spiro atoms. The molecular weight excluding hydrogens is 115 g/mol. The molecule has 0 heterocycles. The molecule has 0 radical (unpaired) electrons. The van der Waals surface area contributed by atoms with E-state index in [0.717, 1.165) is 6.42 Å². The van der Waals surface area contributed by atoms with E-state index >= 15 is 0 Å². The van der Waals surface area contributed by atoms with Crippen LogP contribution < -0.4 is 51.4 Å². The van der Waals surface area contributed by atoms with E-state index in [9.17, 15) is 0 Å². The Morgan fingerprint density at radius 2 is 2.14 bits per heavy atom. The molecule has 0 aromatic rings. The van der Waals surface area contributed by atoms with Gasteiger partial charge in [-0.1, -0.05) is 20.3 Å². The van der Waals surface area contributed by atoms with Gasteiger partial charge in [0.25, 0.3) is 0 Å². The Bertz CT molecular complexity index is 31.6. The molecule has 1 unspecified atom stereocenters. The summed E-state index contributed by atoms with van der Waals surface area (Å²) in [4.78, 5) is 0. The minimum atomic E-state index is 0. The van der Waals surface area contributed by atoms with E-state index in [1.807, 2.05) is 6.92 Å². The second-order valence-electron chi connectivity index (χ2n) is 1.70. The first-order chi connectivity index (χ1) is 2.81. The van der Waals surface area contributed by atoms with Gasteiger partial charge in [-0.25, -0.2) is 0 Å². The van der Waals surface area contributed by atoms with Gasteiger partial charge in [-0.05, 0) is 5.92 Å². The fraction of sp³-hybridized carbons (Fsp3) is 1.00. The molecule has 0 aromatic carbocycles. The molecule has 0 aliphatic rings. The quantitative estimate of drug-likeness (QED) is 0.433. The van der Waals surface area contributed by atoms with Crippen LogP contribution >= 0.6 is 0 Å². The number of aliphatic hydroxyl groups excluding tert-OH is 1. The fourth-order valence-electron chi connectivity index (χ4n) is 0.129. The predicted molar refractivity (Wildman–Crippen MR) is 27.7 cm³/mol. The molecule has 0 aromatic heterocycles. The van der Waals surface area contributed by atoms with Gasteiger partial charge in [0.2, 0.25) is 0 Å². The van der Waals surface area contributed by atoms with E-state index in [-0.39, 0.29) is 52.8 Å². The Hall–Kier alpha value is 1.60. The van der Waals surface area contributed by atoms with Crippen LogP contribution in [0.3, 0.4) is 0 Å². The third-order valence-electron chi connectivity index (χ3n) is 1.01. The maximum absolute atomic E-state index is 8.33. The van der Waals surface area contributed by atoms with Crippen LogP contribution in [0.5, 0.6) is 0 Å². The molecule has 0 aliphatic heterocycles. The molecular formula is C5H13KO. The van der Waals surface area contributed by atoms with Crippen molar-refractivity contribution in [3.63, 3.8) is 0 Å². The van der Waals surface area contributed by atoms with Crippen molar-refractivity contribution in [3.8, 4) is 0 Å². The summed E-state index contributed by atoms with van der Waals surface area (Å²) in [6.45, 7) is 4.43. The van der Waals surface area contributed by atoms with E-state index in [0.29, 0.717) is 12.5 Å². The van der Waals surface area contributed by atoms with Crippen LogP contribution in [0.15, 0.2) is 0 Å². The Morgan fingerprint density at radius 1 is 1.71 bits per heavy atom. The number of rotatable bonds is 2. The molecule has 0 saturated carbocycles. The van der Waals surface area contributed by atoms with Gasteiger partial charge in [0, 0.05) is 6.61 Å². The van der Waals surface area contributed by atoms with E-state index in [4.69, 9.17) is 5.11 Å². The second kappa shape index (κ2) is 7.60. The standard InChI is InChI=1S/C5H12O.K.H/c1-3-5(2)4-6;;/h5-6H,3-4H2,1-2H3;;/q;+1;-1. The molecule has 1 atom stereocenters. The van der Waals surface area contributed by atoms with Gasteiger partial charge >= 0.3 is 51.4 Å².